The number of carbonyl (C=O) groups excluding carboxylic acids is 2. The minimum Gasteiger partial charge on any atom is -0.454 e. The zero-order valence-electron chi connectivity index (χ0n) is 18.1. The van der Waals surface area contributed by atoms with Gasteiger partial charge in [0.15, 0.2) is 23.0 Å². The third kappa shape index (κ3) is 5.12. The van der Waals surface area contributed by atoms with Crippen LogP contribution in [0.1, 0.15) is 21.5 Å². The molecule has 176 valence electrons. The van der Waals surface area contributed by atoms with Crippen LogP contribution in [0.25, 0.3) is 6.08 Å². The Morgan fingerprint density at radius 1 is 0.857 bits per heavy atom. The minimum atomic E-state index is -0.611. The topological polar surface area (TPSA) is 107 Å². The summed E-state index contributed by atoms with van der Waals surface area (Å²) >= 11 is 3.44. The van der Waals surface area contributed by atoms with Crippen molar-refractivity contribution in [1.29, 1.82) is 0 Å². The molecule has 0 fully saturated rings. The molecule has 0 bridgehead atoms. The Morgan fingerprint density at radius 3 is 2.31 bits per heavy atom. The average Bonchev–Trinajstić information content (AvgIpc) is 3.52. The fraction of sp³-hybridized carbons (Fsp3) is 0.0800. The van der Waals surface area contributed by atoms with Crippen molar-refractivity contribution in [1.82, 2.24) is 10.7 Å². The molecule has 0 radical (unpaired) electrons. The number of halogens is 1. The van der Waals surface area contributed by atoms with Gasteiger partial charge in [-0.15, -0.1) is 0 Å². The molecular weight excluding hydrogens is 518 g/mol. The number of hydrazone groups is 1. The van der Waals surface area contributed by atoms with E-state index in [1.54, 1.807) is 60.7 Å². The number of carbonyl (C=O) groups is 2. The van der Waals surface area contributed by atoms with Crippen LogP contribution < -0.4 is 29.7 Å². The molecule has 2 amide bonds. The number of hydrogen-bond donors (Lipinski definition) is 2. The molecule has 0 aliphatic carbocycles. The molecule has 0 unspecified atom stereocenters. The summed E-state index contributed by atoms with van der Waals surface area (Å²) < 4.78 is 22.2. The van der Waals surface area contributed by atoms with Crippen LogP contribution in [0.3, 0.4) is 0 Å². The van der Waals surface area contributed by atoms with E-state index in [2.05, 4.69) is 31.8 Å². The number of hydrogen-bond acceptors (Lipinski definition) is 7. The molecular formula is C25H18BrN3O6. The molecule has 0 spiro atoms. The molecule has 10 heteroatoms. The Hall–Kier alpha value is -4.31. The molecule has 35 heavy (non-hydrogen) atoms. The van der Waals surface area contributed by atoms with Gasteiger partial charge in [-0.3, -0.25) is 9.59 Å². The highest BCUT2D eigenvalue weighted by Gasteiger charge is 2.18. The van der Waals surface area contributed by atoms with Gasteiger partial charge in [-0.1, -0.05) is 24.3 Å². The molecule has 2 N–H and O–H groups in total. The predicted molar refractivity (Wildman–Crippen MR) is 130 cm³/mol. The number of ether oxygens (including phenoxy) is 4. The van der Waals surface area contributed by atoms with Crippen molar-refractivity contribution in [3.05, 3.63) is 87.5 Å². The molecule has 2 aliphatic rings. The van der Waals surface area contributed by atoms with Gasteiger partial charge in [-0.2, -0.15) is 5.10 Å². The van der Waals surface area contributed by atoms with E-state index in [4.69, 9.17) is 18.9 Å². The maximum Gasteiger partial charge on any atom is 0.287 e. The lowest BCUT2D eigenvalue weighted by Crippen LogP contribution is -2.32. The van der Waals surface area contributed by atoms with Crippen molar-refractivity contribution in [2.45, 2.75) is 0 Å². The van der Waals surface area contributed by atoms with Crippen molar-refractivity contribution in [2.24, 2.45) is 5.10 Å². The Labute approximate surface area is 208 Å². The van der Waals surface area contributed by atoms with Crippen LogP contribution in [-0.2, 0) is 4.79 Å². The van der Waals surface area contributed by atoms with E-state index >= 15 is 0 Å². The molecule has 9 nitrogen and oxygen atoms in total. The number of nitrogens with one attached hydrogen (secondary N) is 2. The lowest BCUT2D eigenvalue weighted by atomic mass is 10.1. The summed E-state index contributed by atoms with van der Waals surface area (Å²) in [5, 5.41) is 6.70. The fourth-order valence-corrected chi connectivity index (χ4v) is 3.79. The molecule has 0 aromatic heterocycles. The van der Waals surface area contributed by atoms with Crippen molar-refractivity contribution in [3.63, 3.8) is 0 Å². The van der Waals surface area contributed by atoms with Gasteiger partial charge < -0.3 is 24.3 Å². The second-order valence-corrected chi connectivity index (χ2v) is 8.27. The van der Waals surface area contributed by atoms with Crippen LogP contribution in [0, 0.1) is 0 Å². The van der Waals surface area contributed by atoms with Crippen LogP contribution >= 0.6 is 15.9 Å². The summed E-state index contributed by atoms with van der Waals surface area (Å²) in [6.07, 6.45) is 2.99. The molecule has 0 saturated heterocycles. The second kappa shape index (κ2) is 9.90. The maximum absolute atomic E-state index is 13.0. The first-order valence-electron chi connectivity index (χ1n) is 10.5. The second-order valence-electron chi connectivity index (χ2n) is 7.42. The van der Waals surface area contributed by atoms with Gasteiger partial charge in [-0.05, 0) is 64.0 Å². The maximum atomic E-state index is 13.0. The lowest BCUT2D eigenvalue weighted by molar-refractivity contribution is -0.117. The highest BCUT2D eigenvalue weighted by molar-refractivity contribution is 9.10. The normalized spacial score (nSPS) is 13.7. The lowest BCUT2D eigenvalue weighted by Gasteiger charge is -2.09. The van der Waals surface area contributed by atoms with Crippen molar-refractivity contribution < 1.29 is 28.5 Å². The third-order valence-electron chi connectivity index (χ3n) is 5.10. The van der Waals surface area contributed by atoms with Gasteiger partial charge in [0.2, 0.25) is 13.6 Å². The van der Waals surface area contributed by atoms with Gasteiger partial charge in [0.1, 0.15) is 5.70 Å². The largest absolute Gasteiger partial charge is 0.454 e. The molecule has 0 saturated carbocycles. The van der Waals surface area contributed by atoms with Gasteiger partial charge in [-0.25, -0.2) is 5.43 Å². The Bertz CT molecular complexity index is 1360. The molecule has 3 aromatic carbocycles. The summed E-state index contributed by atoms with van der Waals surface area (Å²) in [5.74, 6) is 1.32. The summed E-state index contributed by atoms with van der Waals surface area (Å²) in [6.45, 7) is 0.277. The quantitative estimate of drug-likeness (QED) is 0.282. The van der Waals surface area contributed by atoms with Crippen LogP contribution in [0.15, 0.2) is 75.9 Å². The molecule has 0 atom stereocenters. The highest BCUT2D eigenvalue weighted by Crippen LogP contribution is 2.36. The van der Waals surface area contributed by atoms with Crippen LogP contribution in [0.2, 0.25) is 0 Å². The van der Waals surface area contributed by atoms with E-state index in [0.29, 0.717) is 44.2 Å². The summed E-state index contributed by atoms with van der Waals surface area (Å²) in [7, 11) is 0. The molecule has 5 rings (SSSR count). The molecule has 2 heterocycles. The van der Waals surface area contributed by atoms with Crippen molar-refractivity contribution >= 4 is 40.0 Å². The number of fused-ring (bicyclic) bond motifs is 2. The van der Waals surface area contributed by atoms with E-state index in [1.807, 2.05) is 0 Å². The number of amides is 2. The standard InChI is InChI=1S/C25H18BrN3O6/c26-18-11-23-22(34-14-35-23)10-17(18)12-27-29-25(31)19(28-24(30)16-4-2-1-3-5-16)8-15-6-7-20-21(9-15)33-13-32-20/h1-12H,13-14H2,(H,28,30)(H,29,31)/b19-8-,27-12+. The Balaban J connectivity index is 1.37. The zero-order chi connectivity index (χ0) is 24.2. The SMILES string of the molecule is O=C(N/N=C/c1cc2c(cc1Br)OCO2)/C(=C/c1ccc2c(c1)OCO2)NC(=O)c1ccccc1. The van der Waals surface area contributed by atoms with E-state index in [9.17, 15) is 9.59 Å². The van der Waals surface area contributed by atoms with Gasteiger partial charge >= 0.3 is 0 Å². The van der Waals surface area contributed by atoms with Crippen LogP contribution in [0.4, 0.5) is 0 Å². The summed E-state index contributed by atoms with van der Waals surface area (Å²) in [5.41, 5.74) is 4.17. The summed E-state index contributed by atoms with van der Waals surface area (Å²) in [6, 6.07) is 17.3. The number of rotatable bonds is 6. The van der Waals surface area contributed by atoms with Crippen molar-refractivity contribution in [3.8, 4) is 23.0 Å². The van der Waals surface area contributed by atoms with E-state index in [1.165, 1.54) is 12.3 Å². The monoisotopic (exact) mass is 535 g/mol. The van der Waals surface area contributed by atoms with Crippen LogP contribution in [-0.4, -0.2) is 31.6 Å². The smallest absolute Gasteiger partial charge is 0.287 e. The first-order valence-corrected chi connectivity index (χ1v) is 11.3. The van der Waals surface area contributed by atoms with E-state index in [0.717, 1.165) is 0 Å². The first kappa shape index (κ1) is 22.5. The van der Waals surface area contributed by atoms with Crippen molar-refractivity contribution in [2.75, 3.05) is 13.6 Å². The molecule has 3 aromatic rings. The number of benzene rings is 3. The zero-order valence-corrected chi connectivity index (χ0v) is 19.7. The highest BCUT2D eigenvalue weighted by atomic mass is 79.9. The van der Waals surface area contributed by atoms with E-state index < -0.39 is 11.8 Å². The predicted octanol–water partition coefficient (Wildman–Crippen LogP) is 3.83. The van der Waals surface area contributed by atoms with Gasteiger partial charge in [0.05, 0.1) is 6.21 Å². The number of nitrogens with zero attached hydrogens (tertiary/aromatic N) is 1. The fourth-order valence-electron chi connectivity index (χ4n) is 3.36. The summed E-state index contributed by atoms with van der Waals surface area (Å²) in [4.78, 5) is 25.7. The minimum absolute atomic E-state index is 0.000351. The molecule has 2 aliphatic heterocycles. The van der Waals surface area contributed by atoms with Crippen LogP contribution in [0.5, 0.6) is 23.0 Å². The first-order chi connectivity index (χ1) is 17.1. The van der Waals surface area contributed by atoms with E-state index in [-0.39, 0.29) is 19.3 Å². The average molecular weight is 536 g/mol. The Kier molecular flexibility index (Phi) is 6.36. The third-order valence-corrected chi connectivity index (χ3v) is 5.78. The Morgan fingerprint density at radius 2 is 1.54 bits per heavy atom. The van der Waals surface area contributed by atoms with Gasteiger partial charge in [0, 0.05) is 15.6 Å². The van der Waals surface area contributed by atoms with Gasteiger partial charge in [0.25, 0.3) is 11.8 Å².